The molecule has 1 N–H and O–H groups in total. The van der Waals surface area contributed by atoms with E-state index in [0.29, 0.717) is 6.54 Å². The average molecular weight is 169 g/mol. The molecule has 0 fully saturated rings. The van der Waals surface area contributed by atoms with Crippen molar-refractivity contribution in [2.24, 2.45) is 0 Å². The van der Waals surface area contributed by atoms with Crippen LogP contribution < -0.4 is 0 Å². The van der Waals surface area contributed by atoms with Crippen molar-refractivity contribution in [3.05, 3.63) is 24.2 Å². The van der Waals surface area contributed by atoms with E-state index in [1.165, 1.54) is 0 Å². The molecule has 0 bridgehead atoms. The van der Waals surface area contributed by atoms with Crippen LogP contribution >= 0.6 is 0 Å². The number of rotatable bonds is 4. The first kappa shape index (κ1) is 8.80. The number of nitrogens with zero attached hydrogens (tertiary/aromatic N) is 1. The van der Waals surface area contributed by atoms with E-state index in [1.54, 1.807) is 24.5 Å². The number of aliphatic carboxylic acids is 1. The third kappa shape index (κ3) is 2.75. The second kappa shape index (κ2) is 3.92. The number of carbonyl (C=O) groups is 1. The normalized spacial score (nSPS) is 10.5. The van der Waals surface area contributed by atoms with Crippen LogP contribution in [0.3, 0.4) is 0 Å². The van der Waals surface area contributed by atoms with Crippen LogP contribution in [0.15, 0.2) is 23.0 Å². The summed E-state index contributed by atoms with van der Waals surface area (Å²) in [5.41, 5.74) is 0.985. The summed E-state index contributed by atoms with van der Waals surface area (Å²) in [5.74, 6) is -0.819. The Bertz CT molecular complexity index is 243. The molecule has 0 radical (unpaired) electrons. The zero-order valence-corrected chi connectivity index (χ0v) is 6.86. The Balaban J connectivity index is 2.36. The maximum atomic E-state index is 10.3. The van der Waals surface area contributed by atoms with Crippen molar-refractivity contribution in [3.8, 4) is 0 Å². The van der Waals surface area contributed by atoms with Crippen molar-refractivity contribution in [1.82, 2.24) is 4.90 Å². The third-order valence-corrected chi connectivity index (χ3v) is 1.44. The SMILES string of the molecule is CN(CC(=O)O)Cc1ccoc1. The number of carboxylic acids is 1. The van der Waals surface area contributed by atoms with Crippen LogP contribution in [0.2, 0.25) is 0 Å². The number of likely N-dealkylation sites (N-methyl/N-ethyl adjacent to an activating group) is 1. The molecule has 0 saturated heterocycles. The van der Waals surface area contributed by atoms with Crippen molar-refractivity contribution in [2.45, 2.75) is 6.54 Å². The van der Waals surface area contributed by atoms with Crippen molar-refractivity contribution in [3.63, 3.8) is 0 Å². The summed E-state index contributed by atoms with van der Waals surface area (Å²) >= 11 is 0. The smallest absolute Gasteiger partial charge is 0.317 e. The lowest BCUT2D eigenvalue weighted by atomic mass is 10.3. The van der Waals surface area contributed by atoms with E-state index in [9.17, 15) is 4.79 Å². The molecule has 0 aromatic carbocycles. The minimum atomic E-state index is -0.819. The molecule has 4 heteroatoms. The zero-order valence-electron chi connectivity index (χ0n) is 6.86. The van der Waals surface area contributed by atoms with Gasteiger partial charge in [0.15, 0.2) is 0 Å². The fourth-order valence-corrected chi connectivity index (χ4v) is 0.981. The summed E-state index contributed by atoms with van der Waals surface area (Å²) in [6.07, 6.45) is 3.18. The van der Waals surface area contributed by atoms with Gasteiger partial charge in [-0.2, -0.15) is 0 Å². The van der Waals surface area contributed by atoms with Crippen LogP contribution in [-0.2, 0) is 11.3 Å². The molecule has 12 heavy (non-hydrogen) atoms. The van der Waals surface area contributed by atoms with Crippen molar-refractivity contribution < 1.29 is 14.3 Å². The number of hydrogen-bond acceptors (Lipinski definition) is 3. The highest BCUT2D eigenvalue weighted by atomic mass is 16.4. The second-order valence-electron chi connectivity index (χ2n) is 2.70. The van der Waals surface area contributed by atoms with E-state index >= 15 is 0 Å². The Morgan fingerprint density at radius 3 is 3.00 bits per heavy atom. The van der Waals surface area contributed by atoms with E-state index in [2.05, 4.69) is 0 Å². The summed E-state index contributed by atoms with van der Waals surface area (Å²) in [6.45, 7) is 0.647. The summed E-state index contributed by atoms with van der Waals surface area (Å²) in [7, 11) is 1.75. The topological polar surface area (TPSA) is 53.7 Å². The Kier molecular flexibility index (Phi) is 2.88. The fraction of sp³-hybridized carbons (Fsp3) is 0.375. The molecule has 0 aliphatic rings. The highest BCUT2D eigenvalue weighted by Gasteiger charge is 2.04. The van der Waals surface area contributed by atoms with Gasteiger partial charge in [-0.05, 0) is 13.1 Å². The molecule has 4 nitrogen and oxygen atoms in total. The van der Waals surface area contributed by atoms with Gasteiger partial charge in [0.1, 0.15) is 0 Å². The van der Waals surface area contributed by atoms with E-state index in [-0.39, 0.29) is 6.54 Å². The molecule has 1 aromatic rings. The third-order valence-electron chi connectivity index (χ3n) is 1.44. The average Bonchev–Trinajstić information content (AvgIpc) is 2.37. The minimum Gasteiger partial charge on any atom is -0.480 e. The van der Waals surface area contributed by atoms with Gasteiger partial charge in [-0.1, -0.05) is 0 Å². The number of furan rings is 1. The fourth-order valence-electron chi connectivity index (χ4n) is 0.981. The van der Waals surface area contributed by atoms with E-state index in [0.717, 1.165) is 5.56 Å². The summed E-state index contributed by atoms with van der Waals surface area (Å²) in [6, 6.07) is 1.82. The molecule has 66 valence electrons. The van der Waals surface area contributed by atoms with Gasteiger partial charge in [-0.15, -0.1) is 0 Å². The van der Waals surface area contributed by atoms with Gasteiger partial charge in [0, 0.05) is 12.1 Å². The molecule has 0 unspecified atom stereocenters. The molecule has 0 saturated carbocycles. The van der Waals surface area contributed by atoms with E-state index in [1.807, 2.05) is 6.07 Å². The Morgan fingerprint density at radius 2 is 2.50 bits per heavy atom. The van der Waals surface area contributed by atoms with Gasteiger partial charge in [0.05, 0.1) is 19.1 Å². The molecule has 1 rings (SSSR count). The molecule has 0 aliphatic carbocycles. The van der Waals surface area contributed by atoms with Crippen LogP contribution in [0.5, 0.6) is 0 Å². The van der Waals surface area contributed by atoms with Gasteiger partial charge in [0.2, 0.25) is 0 Å². The molecule has 0 spiro atoms. The monoisotopic (exact) mass is 169 g/mol. The molecule has 1 heterocycles. The quantitative estimate of drug-likeness (QED) is 0.724. The second-order valence-corrected chi connectivity index (χ2v) is 2.70. The maximum absolute atomic E-state index is 10.3. The van der Waals surface area contributed by atoms with Gasteiger partial charge < -0.3 is 9.52 Å². The van der Waals surface area contributed by atoms with Crippen LogP contribution in [-0.4, -0.2) is 29.6 Å². The lowest BCUT2D eigenvalue weighted by molar-refractivity contribution is -0.138. The predicted octanol–water partition coefficient (Wildman–Crippen LogP) is 0.796. The molecule has 1 aromatic heterocycles. The zero-order chi connectivity index (χ0) is 8.97. The van der Waals surface area contributed by atoms with Crippen LogP contribution in [0.1, 0.15) is 5.56 Å². The molecule has 0 atom stereocenters. The summed E-state index contributed by atoms with van der Waals surface area (Å²) in [4.78, 5) is 12.0. The minimum absolute atomic E-state index is 0.0468. The Labute approximate surface area is 70.4 Å². The van der Waals surface area contributed by atoms with Crippen molar-refractivity contribution in [2.75, 3.05) is 13.6 Å². The molecular formula is C8H11NO3. The standard InChI is InChI=1S/C8H11NO3/c1-9(5-8(10)11)4-7-2-3-12-6-7/h2-3,6H,4-5H2,1H3,(H,10,11). The van der Waals surface area contributed by atoms with Crippen molar-refractivity contribution in [1.29, 1.82) is 0 Å². The van der Waals surface area contributed by atoms with Crippen LogP contribution in [0.25, 0.3) is 0 Å². The molecule has 0 aliphatic heterocycles. The highest BCUT2D eigenvalue weighted by molar-refractivity contribution is 5.68. The number of carboxylic acid groups (broad SMARTS) is 1. The maximum Gasteiger partial charge on any atom is 0.317 e. The van der Waals surface area contributed by atoms with Gasteiger partial charge in [-0.25, -0.2) is 0 Å². The van der Waals surface area contributed by atoms with Crippen LogP contribution in [0, 0.1) is 0 Å². The van der Waals surface area contributed by atoms with Crippen LogP contribution in [0.4, 0.5) is 0 Å². The predicted molar refractivity (Wildman–Crippen MR) is 42.7 cm³/mol. The first-order valence-corrected chi connectivity index (χ1v) is 3.60. The first-order valence-electron chi connectivity index (χ1n) is 3.60. The van der Waals surface area contributed by atoms with E-state index in [4.69, 9.17) is 9.52 Å². The lowest BCUT2D eigenvalue weighted by Crippen LogP contribution is -2.24. The largest absolute Gasteiger partial charge is 0.480 e. The number of hydrogen-bond donors (Lipinski definition) is 1. The van der Waals surface area contributed by atoms with E-state index < -0.39 is 5.97 Å². The van der Waals surface area contributed by atoms with Gasteiger partial charge in [0.25, 0.3) is 0 Å². The highest BCUT2D eigenvalue weighted by Crippen LogP contribution is 2.02. The molecular weight excluding hydrogens is 158 g/mol. The first-order chi connectivity index (χ1) is 5.68. The van der Waals surface area contributed by atoms with Gasteiger partial charge in [-0.3, -0.25) is 9.69 Å². The Morgan fingerprint density at radius 1 is 1.75 bits per heavy atom. The summed E-state index contributed by atoms with van der Waals surface area (Å²) < 4.78 is 4.85. The van der Waals surface area contributed by atoms with Crippen molar-refractivity contribution >= 4 is 5.97 Å². The summed E-state index contributed by atoms with van der Waals surface area (Å²) in [5, 5.41) is 8.45. The Hall–Kier alpha value is -1.29. The van der Waals surface area contributed by atoms with Gasteiger partial charge >= 0.3 is 5.97 Å². The molecule has 0 amide bonds. The lowest BCUT2D eigenvalue weighted by Gasteiger charge is -2.11.